The molecular weight excluding hydrogens is 821 g/mol. The summed E-state index contributed by atoms with van der Waals surface area (Å²) < 4.78 is 1.30. The van der Waals surface area contributed by atoms with Crippen molar-refractivity contribution in [3.8, 4) is 11.3 Å². The third-order valence-corrected chi connectivity index (χ3v) is 13.3. The standard InChI is InChI=1S/C27H23N2S2.C15H28O2.Ir/c1-15-13-30-25-18(15)9-10-21-22(25)23-24(28-14-29-26(23)31-21)17-11-16-7-5-6-8-19(16)20(12-17)27(2,3)4;1-7-14(5,8-2)12(16)11-13(17)15(6,9-3)10-4;/h5-10,12,14-15H,13H2,1-4H3;11,16H,7-10H2,1-6H3;/q-1;;/b;12-11-;. The van der Waals surface area contributed by atoms with Crippen molar-refractivity contribution in [1.82, 2.24) is 9.97 Å². The van der Waals surface area contributed by atoms with Gasteiger partial charge in [-0.3, -0.25) is 9.78 Å². The molecule has 49 heavy (non-hydrogen) atoms. The van der Waals surface area contributed by atoms with Crippen LogP contribution in [0.4, 0.5) is 0 Å². The van der Waals surface area contributed by atoms with Crippen LogP contribution in [0.3, 0.4) is 0 Å². The van der Waals surface area contributed by atoms with E-state index in [9.17, 15) is 9.90 Å². The second-order valence-corrected chi connectivity index (χ2v) is 17.0. The summed E-state index contributed by atoms with van der Waals surface area (Å²) in [6, 6.07) is 19.1. The summed E-state index contributed by atoms with van der Waals surface area (Å²) in [5.74, 6) is 2.02. The number of thioether (sulfide) groups is 1. The third-order valence-electron chi connectivity index (χ3n) is 10.9. The molecule has 0 spiro atoms. The second-order valence-electron chi connectivity index (χ2n) is 14.9. The average molecular weight is 872 g/mol. The minimum absolute atomic E-state index is 0. The van der Waals surface area contributed by atoms with Crippen LogP contribution in [-0.4, -0.2) is 26.6 Å². The number of aliphatic hydroxyl groups excluding tert-OH is 1. The molecule has 0 bridgehead atoms. The van der Waals surface area contributed by atoms with Crippen LogP contribution in [0.15, 0.2) is 65.5 Å². The first kappa shape index (κ1) is 39.2. The third kappa shape index (κ3) is 7.56. The molecule has 5 aromatic rings. The number of aromatic nitrogens is 2. The molecule has 0 aliphatic carbocycles. The first-order valence-corrected chi connectivity index (χ1v) is 19.3. The van der Waals surface area contributed by atoms with Crippen LogP contribution in [0.1, 0.15) is 112 Å². The maximum atomic E-state index is 12.2. The van der Waals surface area contributed by atoms with Gasteiger partial charge in [-0.2, -0.15) is 0 Å². The number of thiophene rings is 1. The number of benzene rings is 3. The van der Waals surface area contributed by atoms with Gasteiger partial charge in [-0.15, -0.1) is 52.2 Å². The normalized spacial score (nSPS) is 15.2. The Morgan fingerprint density at radius 2 is 1.59 bits per heavy atom. The van der Waals surface area contributed by atoms with Crippen LogP contribution < -0.4 is 0 Å². The number of carbonyl (C=O) groups is 1. The fourth-order valence-electron chi connectivity index (χ4n) is 6.39. The summed E-state index contributed by atoms with van der Waals surface area (Å²) in [6.45, 7) is 21.2. The molecule has 0 saturated heterocycles. The number of allylic oxidation sites excluding steroid dienone is 2. The van der Waals surface area contributed by atoms with Crippen LogP contribution in [0.5, 0.6) is 0 Å². The number of carbonyl (C=O) groups excluding carboxylic acids is 1. The van der Waals surface area contributed by atoms with Crippen LogP contribution in [0.25, 0.3) is 42.3 Å². The molecule has 0 amide bonds. The molecule has 2 aromatic heterocycles. The van der Waals surface area contributed by atoms with Crippen LogP contribution in [0.2, 0.25) is 0 Å². The minimum atomic E-state index is -0.337. The van der Waals surface area contributed by atoms with Gasteiger partial charge in [-0.05, 0) is 48.6 Å². The van der Waals surface area contributed by atoms with Crippen LogP contribution >= 0.6 is 23.1 Å². The summed E-state index contributed by atoms with van der Waals surface area (Å²) >= 11 is 3.75. The maximum Gasteiger partial charge on any atom is 0.164 e. The van der Waals surface area contributed by atoms with Crippen molar-refractivity contribution in [3.63, 3.8) is 0 Å². The van der Waals surface area contributed by atoms with Gasteiger partial charge in [0.05, 0.1) is 0 Å². The van der Waals surface area contributed by atoms with Gasteiger partial charge in [0.25, 0.3) is 0 Å². The van der Waals surface area contributed by atoms with Gasteiger partial charge in [0.1, 0.15) is 16.9 Å². The number of fused-ring (bicyclic) bond motifs is 6. The maximum absolute atomic E-state index is 12.2. The van der Waals surface area contributed by atoms with Crippen molar-refractivity contribution in [2.45, 2.75) is 111 Å². The van der Waals surface area contributed by atoms with E-state index in [2.05, 4.69) is 81.2 Å². The van der Waals surface area contributed by atoms with Crippen molar-refractivity contribution in [2.24, 2.45) is 10.8 Å². The van der Waals surface area contributed by atoms with Gasteiger partial charge in [0.2, 0.25) is 0 Å². The van der Waals surface area contributed by atoms with Gasteiger partial charge >= 0.3 is 0 Å². The Labute approximate surface area is 315 Å². The van der Waals surface area contributed by atoms with Crippen molar-refractivity contribution < 1.29 is 30.0 Å². The molecule has 1 N–H and O–H groups in total. The summed E-state index contributed by atoms with van der Waals surface area (Å²) in [5, 5.41) is 15.1. The Bertz CT molecular complexity index is 2000. The summed E-state index contributed by atoms with van der Waals surface area (Å²) in [4.78, 5) is 24.2. The predicted octanol–water partition coefficient (Wildman–Crippen LogP) is 12.6. The number of aliphatic hydroxyl groups is 1. The first-order chi connectivity index (χ1) is 22.7. The van der Waals surface area contributed by atoms with E-state index in [1.165, 1.54) is 43.0 Å². The van der Waals surface area contributed by atoms with Crippen molar-refractivity contribution in [1.29, 1.82) is 0 Å². The Morgan fingerprint density at radius 3 is 2.22 bits per heavy atom. The summed E-state index contributed by atoms with van der Waals surface area (Å²) in [7, 11) is 0. The molecule has 7 heteroatoms. The molecule has 1 unspecified atom stereocenters. The smallest absolute Gasteiger partial charge is 0.164 e. The zero-order valence-electron chi connectivity index (χ0n) is 30.7. The largest absolute Gasteiger partial charge is 0.512 e. The SMILES string of the molecule is CC1CSc2c1ccc1sc3ncnc(-c4[c-]c5ccccc5c(C(C)(C)C)c4)c3c21.CCC(C)(CC)C(=O)/C=C(\O)C(C)(CC)CC.[Ir]. The number of rotatable bonds is 8. The molecule has 263 valence electrons. The minimum Gasteiger partial charge on any atom is -0.512 e. The number of hydrogen-bond acceptors (Lipinski definition) is 6. The molecule has 4 nitrogen and oxygen atoms in total. The number of hydrogen-bond donors (Lipinski definition) is 1. The molecule has 3 heterocycles. The molecule has 0 saturated carbocycles. The Balaban J connectivity index is 0.000000260. The molecule has 1 aliphatic heterocycles. The van der Waals surface area contributed by atoms with Crippen LogP contribution in [0, 0.1) is 16.9 Å². The van der Waals surface area contributed by atoms with E-state index in [1.807, 2.05) is 53.3 Å². The monoisotopic (exact) mass is 872 g/mol. The topological polar surface area (TPSA) is 63.1 Å². The molecule has 6 rings (SSSR count). The van der Waals surface area contributed by atoms with Crippen molar-refractivity contribution >= 4 is 60.0 Å². The summed E-state index contributed by atoms with van der Waals surface area (Å²) in [6.07, 6.45) is 6.47. The Kier molecular flexibility index (Phi) is 12.3. The fraction of sp³-hybridized carbons (Fsp3) is 0.452. The number of nitrogens with zero attached hydrogens (tertiary/aromatic N) is 2. The van der Waals surface area contributed by atoms with Gasteiger partial charge < -0.3 is 5.11 Å². The van der Waals surface area contributed by atoms with Gasteiger partial charge in [0.15, 0.2) is 5.78 Å². The predicted molar refractivity (Wildman–Crippen MR) is 208 cm³/mol. The van der Waals surface area contributed by atoms with E-state index in [0.29, 0.717) is 5.92 Å². The molecule has 0 fully saturated rings. The number of ketones is 1. The van der Waals surface area contributed by atoms with E-state index in [0.717, 1.165) is 52.9 Å². The summed E-state index contributed by atoms with van der Waals surface area (Å²) in [5.41, 5.74) is 4.28. The van der Waals surface area contributed by atoms with E-state index < -0.39 is 0 Å². The Morgan fingerprint density at radius 1 is 0.939 bits per heavy atom. The van der Waals surface area contributed by atoms with Crippen LogP contribution in [-0.2, 0) is 30.3 Å². The zero-order chi connectivity index (χ0) is 35.0. The van der Waals surface area contributed by atoms with Gasteiger partial charge in [-0.25, -0.2) is 4.98 Å². The first-order valence-electron chi connectivity index (χ1n) is 17.5. The molecule has 1 aliphatic rings. The second kappa shape index (κ2) is 15.4. The van der Waals surface area contributed by atoms with Gasteiger partial charge in [-0.1, -0.05) is 104 Å². The quantitative estimate of drug-likeness (QED) is 0.0956. The van der Waals surface area contributed by atoms with E-state index in [-0.39, 0.29) is 47.9 Å². The van der Waals surface area contributed by atoms with Crippen molar-refractivity contribution in [2.75, 3.05) is 5.75 Å². The molecule has 1 atom stereocenters. The van der Waals surface area contributed by atoms with E-state index in [4.69, 9.17) is 4.98 Å². The van der Waals surface area contributed by atoms with E-state index in [1.54, 1.807) is 17.7 Å². The molecule has 3 aromatic carbocycles. The van der Waals surface area contributed by atoms with Crippen molar-refractivity contribution in [3.05, 3.63) is 77.8 Å². The van der Waals surface area contributed by atoms with E-state index >= 15 is 0 Å². The Hall–Kier alpha value is -2.57. The molecule has 1 radical (unpaired) electrons. The average Bonchev–Trinajstić information content (AvgIpc) is 3.66. The zero-order valence-corrected chi connectivity index (χ0v) is 34.7. The molecular formula is C42H51IrN2O2S2-. The fourth-order valence-corrected chi connectivity index (χ4v) is 8.89. The van der Waals surface area contributed by atoms with Gasteiger partial charge in [0, 0.05) is 68.8 Å².